The molecule has 1 heterocycles. The molecule has 0 bridgehead atoms. The normalized spacial score (nSPS) is 13.1. The fourth-order valence-electron chi connectivity index (χ4n) is 5.11. The molecule has 0 saturated heterocycles. The number of nitrogens with one attached hydrogen (secondary N) is 1. The van der Waals surface area contributed by atoms with Gasteiger partial charge in [0.2, 0.25) is 5.91 Å². The van der Waals surface area contributed by atoms with Gasteiger partial charge in [0, 0.05) is 18.9 Å². The van der Waals surface area contributed by atoms with E-state index in [4.69, 9.17) is 18.9 Å². The maximum atomic E-state index is 14.2. The molecule has 1 N–H and O–H groups in total. The summed E-state index contributed by atoms with van der Waals surface area (Å²) in [5.41, 5.74) is 2.04. The number of unbranched alkanes of at least 4 members (excludes halogenated alkanes) is 1. The van der Waals surface area contributed by atoms with E-state index in [1.165, 1.54) is 5.56 Å². The first-order chi connectivity index (χ1) is 18.1. The number of amides is 1. The SMILES string of the molecule is COc1ccc(C(C(=O)NCCCCc2cccnc2)(c2ccc(OC)c(OC)c2)C2CC2)cc1OC. The van der Waals surface area contributed by atoms with Gasteiger partial charge in [0.15, 0.2) is 23.0 Å². The first-order valence-electron chi connectivity index (χ1n) is 12.7. The van der Waals surface area contributed by atoms with Gasteiger partial charge in [0.1, 0.15) is 5.41 Å². The quantitative estimate of drug-likeness (QED) is 0.332. The molecule has 1 aromatic heterocycles. The van der Waals surface area contributed by atoms with E-state index in [-0.39, 0.29) is 11.8 Å². The first kappa shape index (κ1) is 26.3. The van der Waals surface area contributed by atoms with Gasteiger partial charge in [0.05, 0.1) is 28.4 Å². The van der Waals surface area contributed by atoms with Crippen molar-refractivity contribution < 1.29 is 23.7 Å². The molecule has 7 heteroatoms. The third-order valence-electron chi connectivity index (χ3n) is 7.13. The molecule has 1 fully saturated rings. The molecule has 1 aliphatic carbocycles. The Bertz CT molecular complexity index is 1140. The number of carbonyl (C=O) groups excluding carboxylic acids is 1. The second-order valence-corrected chi connectivity index (χ2v) is 9.30. The fraction of sp³-hybridized carbons (Fsp3) is 0.400. The third kappa shape index (κ3) is 5.50. The molecule has 0 atom stereocenters. The van der Waals surface area contributed by atoms with Crippen molar-refractivity contribution in [2.24, 2.45) is 5.92 Å². The predicted molar refractivity (Wildman–Crippen MR) is 143 cm³/mol. The number of nitrogens with zero attached hydrogens (tertiary/aromatic N) is 1. The van der Waals surface area contributed by atoms with Crippen LogP contribution in [0.15, 0.2) is 60.9 Å². The Hall–Kier alpha value is -3.74. The maximum Gasteiger partial charge on any atom is 0.235 e. The average molecular weight is 505 g/mol. The van der Waals surface area contributed by atoms with Crippen LogP contribution in [0, 0.1) is 5.92 Å². The minimum absolute atomic E-state index is 0.0178. The molecule has 196 valence electrons. The molecule has 0 unspecified atom stereocenters. The number of ether oxygens (including phenoxy) is 4. The number of aromatic nitrogens is 1. The first-order valence-corrected chi connectivity index (χ1v) is 12.7. The van der Waals surface area contributed by atoms with E-state index in [9.17, 15) is 4.79 Å². The number of aryl methyl sites for hydroxylation is 1. The highest BCUT2D eigenvalue weighted by molar-refractivity contribution is 5.93. The van der Waals surface area contributed by atoms with E-state index in [0.29, 0.717) is 29.5 Å². The van der Waals surface area contributed by atoms with Gasteiger partial charge < -0.3 is 24.3 Å². The largest absolute Gasteiger partial charge is 0.493 e. The standard InChI is InChI=1S/C30H36N2O5/c1-34-25-14-12-23(18-27(25)36-3)30(22-10-11-22,24-13-15-26(35-2)28(19-24)37-4)29(33)32-17-6-5-8-21-9-7-16-31-20-21/h7,9,12-16,18-20,22H,5-6,8,10-11,17H2,1-4H3,(H,32,33). The number of benzene rings is 2. The number of rotatable bonds is 13. The van der Waals surface area contributed by atoms with Crippen LogP contribution < -0.4 is 24.3 Å². The molecule has 0 radical (unpaired) electrons. The summed E-state index contributed by atoms with van der Waals surface area (Å²) in [5, 5.41) is 3.26. The molecule has 1 aliphatic rings. The van der Waals surface area contributed by atoms with E-state index >= 15 is 0 Å². The molecular weight excluding hydrogens is 468 g/mol. The molecule has 0 aliphatic heterocycles. The zero-order valence-corrected chi connectivity index (χ0v) is 22.1. The van der Waals surface area contributed by atoms with Gasteiger partial charge in [-0.2, -0.15) is 0 Å². The minimum atomic E-state index is -0.900. The summed E-state index contributed by atoms with van der Waals surface area (Å²) in [4.78, 5) is 18.4. The lowest BCUT2D eigenvalue weighted by Crippen LogP contribution is -2.47. The van der Waals surface area contributed by atoms with Crippen LogP contribution in [0.25, 0.3) is 0 Å². The Kier molecular flexibility index (Phi) is 8.54. The second kappa shape index (κ2) is 12.0. The lowest BCUT2D eigenvalue weighted by atomic mass is 9.69. The van der Waals surface area contributed by atoms with Gasteiger partial charge in [-0.25, -0.2) is 0 Å². The van der Waals surface area contributed by atoms with E-state index in [0.717, 1.165) is 43.2 Å². The summed E-state index contributed by atoms with van der Waals surface area (Å²) < 4.78 is 22.2. The Morgan fingerprint density at radius 1 is 0.865 bits per heavy atom. The van der Waals surface area contributed by atoms with E-state index < -0.39 is 5.41 Å². The molecule has 1 saturated carbocycles. The van der Waals surface area contributed by atoms with E-state index in [1.807, 2.05) is 48.7 Å². The Labute approximate surface area is 219 Å². The van der Waals surface area contributed by atoms with Crippen LogP contribution in [0.5, 0.6) is 23.0 Å². The molecule has 2 aromatic carbocycles. The maximum absolute atomic E-state index is 14.2. The van der Waals surface area contributed by atoms with Crippen molar-refractivity contribution >= 4 is 5.91 Å². The number of methoxy groups -OCH3 is 4. The van der Waals surface area contributed by atoms with Gasteiger partial charge in [-0.15, -0.1) is 0 Å². The Balaban J connectivity index is 1.67. The molecule has 37 heavy (non-hydrogen) atoms. The monoisotopic (exact) mass is 504 g/mol. The third-order valence-corrected chi connectivity index (χ3v) is 7.13. The van der Waals surface area contributed by atoms with Crippen LogP contribution in [0.4, 0.5) is 0 Å². The summed E-state index contributed by atoms with van der Waals surface area (Å²) in [6.07, 6.45) is 8.36. The summed E-state index contributed by atoms with van der Waals surface area (Å²) in [6, 6.07) is 15.6. The van der Waals surface area contributed by atoms with Crippen LogP contribution in [0.2, 0.25) is 0 Å². The van der Waals surface area contributed by atoms with Gasteiger partial charge in [-0.1, -0.05) is 18.2 Å². The van der Waals surface area contributed by atoms with Crippen molar-refractivity contribution in [3.63, 3.8) is 0 Å². The predicted octanol–water partition coefficient (Wildman–Crippen LogP) is 4.95. The van der Waals surface area contributed by atoms with Crippen molar-refractivity contribution in [1.82, 2.24) is 10.3 Å². The topological polar surface area (TPSA) is 78.9 Å². The van der Waals surface area contributed by atoms with E-state index in [2.05, 4.69) is 16.4 Å². The minimum Gasteiger partial charge on any atom is -0.493 e. The van der Waals surface area contributed by atoms with Crippen LogP contribution in [0.1, 0.15) is 42.4 Å². The number of hydrogen-bond donors (Lipinski definition) is 1. The summed E-state index contributed by atoms with van der Waals surface area (Å²) in [7, 11) is 6.44. The van der Waals surface area contributed by atoms with Crippen molar-refractivity contribution in [2.45, 2.75) is 37.5 Å². The Morgan fingerprint density at radius 2 is 1.46 bits per heavy atom. The van der Waals surface area contributed by atoms with Crippen LogP contribution in [0.3, 0.4) is 0 Å². The molecule has 4 rings (SSSR count). The molecule has 1 amide bonds. The molecular formula is C30H36N2O5. The summed E-state index contributed by atoms with van der Waals surface area (Å²) >= 11 is 0. The van der Waals surface area contributed by atoms with Gasteiger partial charge in [-0.05, 0) is 85.0 Å². The van der Waals surface area contributed by atoms with Crippen molar-refractivity contribution in [2.75, 3.05) is 35.0 Å². The van der Waals surface area contributed by atoms with Crippen LogP contribution >= 0.6 is 0 Å². The molecule has 7 nitrogen and oxygen atoms in total. The van der Waals surface area contributed by atoms with E-state index in [1.54, 1.807) is 34.6 Å². The van der Waals surface area contributed by atoms with Gasteiger partial charge >= 0.3 is 0 Å². The highest BCUT2D eigenvalue weighted by atomic mass is 16.5. The van der Waals surface area contributed by atoms with Crippen molar-refractivity contribution in [1.29, 1.82) is 0 Å². The smallest absolute Gasteiger partial charge is 0.235 e. The lowest BCUT2D eigenvalue weighted by molar-refractivity contribution is -0.126. The summed E-state index contributed by atoms with van der Waals surface area (Å²) in [5.74, 6) is 2.57. The van der Waals surface area contributed by atoms with Gasteiger partial charge in [-0.3, -0.25) is 9.78 Å². The van der Waals surface area contributed by atoms with Crippen molar-refractivity contribution in [3.8, 4) is 23.0 Å². The fourth-order valence-corrected chi connectivity index (χ4v) is 5.11. The number of pyridine rings is 1. The lowest BCUT2D eigenvalue weighted by Gasteiger charge is -2.35. The molecule has 0 spiro atoms. The van der Waals surface area contributed by atoms with Gasteiger partial charge in [0.25, 0.3) is 0 Å². The zero-order valence-electron chi connectivity index (χ0n) is 22.1. The molecule has 3 aromatic rings. The number of carbonyl (C=O) groups is 1. The highest BCUT2D eigenvalue weighted by Gasteiger charge is 2.53. The second-order valence-electron chi connectivity index (χ2n) is 9.30. The summed E-state index contributed by atoms with van der Waals surface area (Å²) in [6.45, 7) is 0.591. The van der Waals surface area contributed by atoms with Crippen LogP contribution in [-0.4, -0.2) is 45.9 Å². The van der Waals surface area contributed by atoms with Crippen LogP contribution in [-0.2, 0) is 16.6 Å². The number of hydrogen-bond acceptors (Lipinski definition) is 6. The average Bonchev–Trinajstić information content (AvgIpc) is 3.79. The van der Waals surface area contributed by atoms with Crippen molar-refractivity contribution in [3.05, 3.63) is 77.6 Å². The Morgan fingerprint density at radius 3 is 1.95 bits per heavy atom. The zero-order chi connectivity index (χ0) is 26.3. The highest BCUT2D eigenvalue weighted by Crippen LogP contribution is 2.53.